The van der Waals surface area contributed by atoms with Gasteiger partial charge < -0.3 is 4.74 Å². The Kier molecular flexibility index (Phi) is 5.50. The molecule has 2 aromatic heterocycles. The van der Waals surface area contributed by atoms with Gasteiger partial charge in [0.15, 0.2) is 11.5 Å². The Bertz CT molecular complexity index is 1020. The van der Waals surface area contributed by atoms with Gasteiger partial charge in [-0.25, -0.2) is 23.6 Å². The number of hydrogen-bond acceptors (Lipinski definition) is 5. The average Bonchev–Trinajstić information content (AvgIpc) is 2.89. The van der Waals surface area contributed by atoms with Gasteiger partial charge in [-0.1, -0.05) is 6.92 Å². The Morgan fingerprint density at radius 3 is 2.57 bits per heavy atom. The molecule has 0 radical (unpaired) electrons. The third kappa shape index (κ3) is 4.39. The fourth-order valence-corrected chi connectivity index (χ4v) is 3.44. The molecule has 0 unspecified atom stereocenters. The van der Waals surface area contributed by atoms with Crippen LogP contribution >= 0.6 is 0 Å². The smallest absolute Gasteiger partial charge is 0.436 e. The SMILES string of the molecule is C[C@H]1Cc2nn(Cc3ccnc(C(F)(F)F)c3F)c(=O)n2[C@@H](C(=O)OC(C)(C)C)C1. The highest BCUT2D eigenvalue weighted by Gasteiger charge is 2.38. The molecule has 0 amide bonds. The molecule has 0 aliphatic carbocycles. The maximum Gasteiger partial charge on any atom is 0.436 e. The molecule has 1 aliphatic heterocycles. The van der Waals surface area contributed by atoms with E-state index < -0.39 is 47.5 Å². The minimum absolute atomic E-state index is 0.0276. The second kappa shape index (κ2) is 7.51. The number of carbonyl (C=O) groups is 1. The summed E-state index contributed by atoms with van der Waals surface area (Å²) in [6.45, 7) is 6.48. The molecule has 0 aromatic carbocycles. The summed E-state index contributed by atoms with van der Waals surface area (Å²) in [5.41, 5.74) is -3.50. The van der Waals surface area contributed by atoms with Crippen molar-refractivity contribution in [1.82, 2.24) is 19.3 Å². The first-order chi connectivity index (χ1) is 13.8. The number of rotatable bonds is 3. The predicted octanol–water partition coefficient (Wildman–Crippen LogP) is 3.11. The highest BCUT2D eigenvalue weighted by Crippen LogP contribution is 2.31. The van der Waals surface area contributed by atoms with Gasteiger partial charge in [0.05, 0.1) is 6.54 Å². The van der Waals surface area contributed by atoms with Crippen molar-refractivity contribution >= 4 is 5.97 Å². The number of halogens is 4. The van der Waals surface area contributed by atoms with E-state index >= 15 is 0 Å². The Morgan fingerprint density at radius 2 is 1.97 bits per heavy atom. The zero-order valence-electron chi connectivity index (χ0n) is 17.0. The van der Waals surface area contributed by atoms with Crippen molar-refractivity contribution in [3.8, 4) is 0 Å². The van der Waals surface area contributed by atoms with Gasteiger partial charge in [-0.15, -0.1) is 0 Å². The molecule has 2 aromatic rings. The summed E-state index contributed by atoms with van der Waals surface area (Å²) >= 11 is 0. The number of fused-ring (bicyclic) bond motifs is 1. The summed E-state index contributed by atoms with van der Waals surface area (Å²) in [4.78, 5) is 28.6. The van der Waals surface area contributed by atoms with Gasteiger partial charge in [-0.05, 0) is 39.2 Å². The average molecular weight is 430 g/mol. The molecule has 0 N–H and O–H groups in total. The number of pyridine rings is 1. The van der Waals surface area contributed by atoms with Gasteiger partial charge in [0.2, 0.25) is 0 Å². The second-order valence-electron chi connectivity index (χ2n) is 8.45. The number of hydrogen-bond donors (Lipinski definition) is 0. The lowest BCUT2D eigenvalue weighted by Gasteiger charge is -2.29. The van der Waals surface area contributed by atoms with E-state index in [4.69, 9.17) is 4.74 Å². The molecule has 0 saturated carbocycles. The van der Waals surface area contributed by atoms with Gasteiger partial charge in [0, 0.05) is 18.2 Å². The molecular weight excluding hydrogens is 408 g/mol. The van der Waals surface area contributed by atoms with Crippen LogP contribution in [0.25, 0.3) is 0 Å². The van der Waals surface area contributed by atoms with E-state index in [-0.39, 0.29) is 11.5 Å². The molecule has 2 atom stereocenters. The largest absolute Gasteiger partial charge is 0.458 e. The maximum atomic E-state index is 14.3. The van der Waals surface area contributed by atoms with E-state index in [9.17, 15) is 27.2 Å². The fraction of sp³-hybridized carbons (Fsp3) is 0.579. The zero-order chi connectivity index (χ0) is 22.4. The Labute approximate surface area is 169 Å². The molecule has 0 bridgehead atoms. The van der Waals surface area contributed by atoms with Crippen LogP contribution in [0.3, 0.4) is 0 Å². The number of aromatic nitrogens is 4. The van der Waals surface area contributed by atoms with Crippen molar-refractivity contribution in [3.63, 3.8) is 0 Å². The molecule has 11 heteroatoms. The molecule has 0 fully saturated rings. The van der Waals surface area contributed by atoms with Crippen LogP contribution in [0.4, 0.5) is 17.6 Å². The van der Waals surface area contributed by atoms with Crippen molar-refractivity contribution in [2.45, 2.75) is 64.9 Å². The standard InChI is InChI=1S/C19H22F4N4O3/c1-10-7-12(16(28)30-18(2,3)4)27-13(8-10)25-26(17(27)29)9-11-5-6-24-15(14(11)20)19(21,22)23/h5-6,10,12H,7-9H2,1-4H3/t10-,12-/m1/s1. The third-order valence-electron chi connectivity index (χ3n) is 4.65. The number of carbonyl (C=O) groups excluding carboxylic acids is 1. The van der Waals surface area contributed by atoms with E-state index in [0.29, 0.717) is 18.7 Å². The molecule has 0 spiro atoms. The number of esters is 1. The maximum absolute atomic E-state index is 14.3. The van der Waals surface area contributed by atoms with Crippen LogP contribution in [0.1, 0.15) is 57.2 Å². The zero-order valence-corrected chi connectivity index (χ0v) is 17.0. The van der Waals surface area contributed by atoms with Gasteiger partial charge in [0.1, 0.15) is 17.5 Å². The van der Waals surface area contributed by atoms with Crippen LogP contribution in [0.15, 0.2) is 17.1 Å². The highest BCUT2D eigenvalue weighted by molar-refractivity contribution is 5.75. The number of nitrogens with zero attached hydrogens (tertiary/aromatic N) is 4. The molecule has 7 nitrogen and oxygen atoms in total. The normalized spacial score (nSPS) is 19.5. The van der Waals surface area contributed by atoms with E-state index in [0.717, 1.165) is 16.9 Å². The molecule has 3 rings (SSSR count). The molecule has 0 saturated heterocycles. The predicted molar refractivity (Wildman–Crippen MR) is 97.2 cm³/mol. The van der Waals surface area contributed by atoms with Crippen LogP contribution in [-0.2, 0) is 28.7 Å². The van der Waals surface area contributed by atoms with Crippen molar-refractivity contribution in [1.29, 1.82) is 0 Å². The van der Waals surface area contributed by atoms with E-state index in [1.165, 1.54) is 4.57 Å². The second-order valence-corrected chi connectivity index (χ2v) is 8.45. The van der Waals surface area contributed by atoms with Crippen LogP contribution < -0.4 is 5.69 Å². The van der Waals surface area contributed by atoms with Crippen LogP contribution in [0, 0.1) is 11.7 Å². The molecule has 3 heterocycles. The molecular formula is C19H22F4N4O3. The quantitative estimate of drug-likeness (QED) is 0.552. The molecule has 164 valence electrons. The van der Waals surface area contributed by atoms with E-state index in [2.05, 4.69) is 10.1 Å². The number of ether oxygens (including phenoxy) is 1. The van der Waals surface area contributed by atoms with Gasteiger partial charge in [-0.3, -0.25) is 4.57 Å². The van der Waals surface area contributed by atoms with Gasteiger partial charge >= 0.3 is 17.8 Å². The Balaban J connectivity index is 1.99. The summed E-state index contributed by atoms with van der Waals surface area (Å²) in [6.07, 6.45) is -3.38. The van der Waals surface area contributed by atoms with Crippen molar-refractivity contribution in [2.24, 2.45) is 5.92 Å². The fourth-order valence-electron chi connectivity index (χ4n) is 3.44. The summed E-state index contributed by atoms with van der Waals surface area (Å²) < 4.78 is 60.5. The highest BCUT2D eigenvalue weighted by atomic mass is 19.4. The van der Waals surface area contributed by atoms with Crippen molar-refractivity contribution in [2.75, 3.05) is 0 Å². The van der Waals surface area contributed by atoms with Crippen molar-refractivity contribution in [3.05, 3.63) is 45.6 Å². The summed E-state index contributed by atoms with van der Waals surface area (Å²) in [5, 5.41) is 4.15. The van der Waals surface area contributed by atoms with E-state index in [1.54, 1.807) is 20.8 Å². The first-order valence-corrected chi connectivity index (χ1v) is 9.39. The number of alkyl halides is 3. The lowest BCUT2D eigenvalue weighted by molar-refractivity contribution is -0.160. The summed E-state index contributed by atoms with van der Waals surface area (Å²) in [7, 11) is 0. The lowest BCUT2D eigenvalue weighted by atomic mass is 9.94. The first kappa shape index (κ1) is 22.0. The van der Waals surface area contributed by atoms with Crippen LogP contribution in [0.2, 0.25) is 0 Å². The van der Waals surface area contributed by atoms with Crippen molar-refractivity contribution < 1.29 is 27.1 Å². The minimum atomic E-state index is -4.96. The van der Waals surface area contributed by atoms with Gasteiger partial charge in [0.25, 0.3) is 0 Å². The topological polar surface area (TPSA) is 79.0 Å². The summed E-state index contributed by atoms with van der Waals surface area (Å²) in [6, 6.07) is 0.154. The summed E-state index contributed by atoms with van der Waals surface area (Å²) in [5.74, 6) is -1.81. The Hall–Kier alpha value is -2.72. The van der Waals surface area contributed by atoms with Gasteiger partial charge in [-0.2, -0.15) is 18.3 Å². The third-order valence-corrected chi connectivity index (χ3v) is 4.65. The first-order valence-electron chi connectivity index (χ1n) is 9.39. The Morgan fingerprint density at radius 1 is 1.30 bits per heavy atom. The lowest BCUT2D eigenvalue weighted by Crippen LogP contribution is -2.39. The van der Waals surface area contributed by atoms with E-state index in [1.807, 2.05) is 6.92 Å². The molecule has 1 aliphatic rings. The molecule has 30 heavy (non-hydrogen) atoms. The monoisotopic (exact) mass is 430 g/mol. The van der Waals surface area contributed by atoms with Crippen LogP contribution in [0.5, 0.6) is 0 Å². The minimum Gasteiger partial charge on any atom is -0.458 e. The van der Waals surface area contributed by atoms with Crippen LogP contribution in [-0.4, -0.2) is 30.9 Å².